The molecule has 2 aromatic heterocycles. The summed E-state index contributed by atoms with van der Waals surface area (Å²) in [7, 11) is 1.65. The van der Waals surface area contributed by atoms with Gasteiger partial charge in [-0.3, -0.25) is 14.5 Å². The number of carboxylic acids is 1. The second kappa shape index (κ2) is 12.9. The first-order valence-corrected chi connectivity index (χ1v) is 15.0. The van der Waals surface area contributed by atoms with E-state index in [0.717, 1.165) is 48.1 Å². The summed E-state index contributed by atoms with van der Waals surface area (Å²) < 4.78 is 10.9. The molecule has 1 amide bonds. The molecule has 2 fully saturated rings. The first-order chi connectivity index (χ1) is 19.4. The molecule has 0 bridgehead atoms. The lowest BCUT2D eigenvalue weighted by Crippen LogP contribution is -2.39. The number of rotatable bonds is 13. The van der Waals surface area contributed by atoms with Crippen molar-refractivity contribution in [1.82, 2.24) is 9.97 Å². The summed E-state index contributed by atoms with van der Waals surface area (Å²) in [5.74, 6) is -0.554. The normalized spacial score (nSPS) is 16.9. The maximum atomic E-state index is 13.8. The van der Waals surface area contributed by atoms with Crippen molar-refractivity contribution in [3.05, 3.63) is 48.0 Å². The van der Waals surface area contributed by atoms with Crippen molar-refractivity contribution in [1.29, 1.82) is 0 Å². The van der Waals surface area contributed by atoms with Crippen LogP contribution in [0.2, 0.25) is 0 Å². The Bertz CT molecular complexity index is 1300. The number of methoxy groups -OCH3 is 1. The molecule has 40 heavy (non-hydrogen) atoms. The van der Waals surface area contributed by atoms with Gasteiger partial charge in [0.2, 0.25) is 11.8 Å². The van der Waals surface area contributed by atoms with Crippen molar-refractivity contribution in [3.63, 3.8) is 0 Å². The van der Waals surface area contributed by atoms with Crippen LogP contribution in [0.5, 0.6) is 5.88 Å². The molecule has 0 unspecified atom stereocenters. The van der Waals surface area contributed by atoms with Crippen LogP contribution >= 0.6 is 11.3 Å². The molecule has 5 rings (SSSR count). The number of thiazole rings is 1. The molecule has 0 aliphatic heterocycles. The maximum absolute atomic E-state index is 13.8. The summed E-state index contributed by atoms with van der Waals surface area (Å²) in [4.78, 5) is 36.7. The monoisotopic (exact) mass is 563 g/mol. The Labute approximate surface area is 239 Å². The van der Waals surface area contributed by atoms with E-state index in [4.69, 9.17) is 14.5 Å². The highest BCUT2D eigenvalue weighted by molar-refractivity contribution is 7.14. The number of aromatic nitrogens is 2. The van der Waals surface area contributed by atoms with E-state index in [0.29, 0.717) is 30.0 Å². The second-order valence-corrected chi connectivity index (χ2v) is 11.8. The van der Waals surface area contributed by atoms with E-state index in [-0.39, 0.29) is 24.5 Å². The number of hydrogen-bond acceptors (Lipinski definition) is 7. The van der Waals surface area contributed by atoms with Crippen molar-refractivity contribution in [2.45, 2.75) is 70.4 Å². The van der Waals surface area contributed by atoms with Crippen LogP contribution in [0.15, 0.2) is 48.0 Å². The number of nitrogens with zero attached hydrogens (tertiary/aromatic N) is 3. The molecule has 8 nitrogen and oxygen atoms in total. The standard InChI is InChI=1S/C31H37N3O5S/c1-20(38-2)18-39-28-14-11-22(17-32-28)25-9-5-6-10-26(25)27-19-40-31(33-27)34(24-12-13-24)30(37)23(16-29(35)36)15-21-7-3-4-8-21/h5-6,9-11,14,17,19-21,23-24H,3-4,7-8,12-13,15-16,18H2,1-2H3,(H,35,36)/t20-,23+/m0/s1. The zero-order valence-corrected chi connectivity index (χ0v) is 23.9. The van der Waals surface area contributed by atoms with Crippen molar-refractivity contribution in [2.75, 3.05) is 18.6 Å². The van der Waals surface area contributed by atoms with Crippen LogP contribution in [0.25, 0.3) is 22.4 Å². The molecule has 3 aromatic rings. The minimum absolute atomic E-state index is 0.0229. The fraction of sp³-hybridized carbons (Fsp3) is 0.484. The Balaban J connectivity index is 1.37. The van der Waals surface area contributed by atoms with Gasteiger partial charge >= 0.3 is 5.97 Å². The van der Waals surface area contributed by atoms with Gasteiger partial charge in [-0.15, -0.1) is 11.3 Å². The summed E-state index contributed by atoms with van der Waals surface area (Å²) in [6.45, 7) is 2.36. The topological polar surface area (TPSA) is 102 Å². The largest absolute Gasteiger partial charge is 0.481 e. The minimum Gasteiger partial charge on any atom is -0.481 e. The van der Waals surface area contributed by atoms with Gasteiger partial charge in [0.05, 0.1) is 18.2 Å². The van der Waals surface area contributed by atoms with Gasteiger partial charge in [0.15, 0.2) is 5.13 Å². The average molecular weight is 564 g/mol. The van der Waals surface area contributed by atoms with Crippen LogP contribution in [0.4, 0.5) is 5.13 Å². The van der Waals surface area contributed by atoms with Gasteiger partial charge in [-0.25, -0.2) is 9.97 Å². The number of anilines is 1. The molecule has 0 saturated heterocycles. The number of amides is 1. The summed E-state index contributed by atoms with van der Waals surface area (Å²) in [5.41, 5.74) is 3.65. The highest BCUT2D eigenvalue weighted by Gasteiger charge is 2.40. The van der Waals surface area contributed by atoms with Gasteiger partial charge < -0.3 is 14.6 Å². The van der Waals surface area contributed by atoms with Crippen molar-refractivity contribution in [2.24, 2.45) is 11.8 Å². The van der Waals surface area contributed by atoms with E-state index in [9.17, 15) is 14.7 Å². The summed E-state index contributed by atoms with van der Waals surface area (Å²) in [5, 5.41) is 12.2. The highest BCUT2D eigenvalue weighted by atomic mass is 32.1. The highest BCUT2D eigenvalue weighted by Crippen LogP contribution is 2.40. The van der Waals surface area contributed by atoms with E-state index < -0.39 is 11.9 Å². The zero-order chi connectivity index (χ0) is 28.1. The third-order valence-corrected chi connectivity index (χ3v) is 8.67. The summed E-state index contributed by atoms with van der Waals surface area (Å²) in [6.07, 6.45) is 8.62. The van der Waals surface area contributed by atoms with Crippen molar-refractivity contribution < 1.29 is 24.2 Å². The molecule has 2 atom stereocenters. The van der Waals surface area contributed by atoms with Crippen LogP contribution in [0.3, 0.4) is 0 Å². The van der Waals surface area contributed by atoms with Crippen LogP contribution in [-0.4, -0.2) is 52.8 Å². The number of pyridine rings is 1. The number of carbonyl (C=O) groups is 2. The fourth-order valence-electron chi connectivity index (χ4n) is 5.44. The number of benzene rings is 1. The van der Waals surface area contributed by atoms with Crippen LogP contribution in [0, 0.1) is 11.8 Å². The maximum Gasteiger partial charge on any atom is 0.304 e. The number of aliphatic carboxylic acids is 1. The SMILES string of the molecule is CO[C@@H](C)COc1ccc(-c2ccccc2-c2csc(N(C(=O)[C@@H](CC(=O)O)CC3CCCC3)C3CC3)n2)cn1. The fourth-order valence-corrected chi connectivity index (χ4v) is 6.34. The lowest BCUT2D eigenvalue weighted by molar-refractivity contribution is -0.141. The Morgan fingerprint density at radius 1 is 1.10 bits per heavy atom. The van der Waals surface area contributed by atoms with Crippen LogP contribution in [-0.2, 0) is 14.3 Å². The first-order valence-electron chi connectivity index (χ1n) is 14.1. The summed E-state index contributed by atoms with van der Waals surface area (Å²) >= 11 is 1.44. The zero-order valence-electron chi connectivity index (χ0n) is 23.1. The molecule has 0 radical (unpaired) electrons. The number of ether oxygens (including phenoxy) is 2. The van der Waals surface area contributed by atoms with E-state index >= 15 is 0 Å². The third-order valence-electron chi connectivity index (χ3n) is 7.83. The molecular weight excluding hydrogens is 526 g/mol. The molecule has 2 aliphatic rings. The number of hydrogen-bond donors (Lipinski definition) is 1. The average Bonchev–Trinajstić information content (AvgIpc) is 3.43. The van der Waals surface area contributed by atoms with Crippen molar-refractivity contribution >= 4 is 28.3 Å². The van der Waals surface area contributed by atoms with Gasteiger partial charge in [0.1, 0.15) is 6.61 Å². The predicted octanol–water partition coefficient (Wildman–Crippen LogP) is 6.45. The molecule has 212 valence electrons. The lowest BCUT2D eigenvalue weighted by Gasteiger charge is -2.26. The summed E-state index contributed by atoms with van der Waals surface area (Å²) in [6, 6.07) is 11.9. The molecule has 1 N–H and O–H groups in total. The van der Waals surface area contributed by atoms with Crippen LogP contribution < -0.4 is 9.64 Å². The molecule has 2 aliphatic carbocycles. The van der Waals surface area contributed by atoms with Crippen LogP contribution in [0.1, 0.15) is 58.3 Å². The Morgan fingerprint density at radius 3 is 2.50 bits per heavy atom. The van der Waals surface area contributed by atoms with Gasteiger partial charge in [-0.1, -0.05) is 49.9 Å². The number of carbonyl (C=O) groups excluding carboxylic acids is 1. The van der Waals surface area contributed by atoms with Gasteiger partial charge in [0.25, 0.3) is 0 Å². The molecule has 2 heterocycles. The van der Waals surface area contributed by atoms with E-state index in [1.807, 2.05) is 48.7 Å². The smallest absolute Gasteiger partial charge is 0.304 e. The molecule has 1 aromatic carbocycles. The minimum atomic E-state index is -0.918. The van der Waals surface area contributed by atoms with Gasteiger partial charge in [-0.2, -0.15) is 0 Å². The molecule has 9 heteroatoms. The lowest BCUT2D eigenvalue weighted by atomic mass is 9.90. The van der Waals surface area contributed by atoms with E-state index in [2.05, 4.69) is 4.98 Å². The van der Waals surface area contributed by atoms with Gasteiger partial charge in [-0.05, 0) is 43.7 Å². The quantitative estimate of drug-likeness (QED) is 0.255. The molecule has 0 spiro atoms. The predicted molar refractivity (Wildman–Crippen MR) is 156 cm³/mol. The van der Waals surface area contributed by atoms with E-state index in [1.165, 1.54) is 24.2 Å². The third kappa shape index (κ3) is 6.88. The van der Waals surface area contributed by atoms with E-state index in [1.54, 1.807) is 18.2 Å². The molecule has 2 saturated carbocycles. The molecular formula is C31H37N3O5S. The first kappa shape index (κ1) is 28.2. The van der Waals surface area contributed by atoms with Crippen molar-refractivity contribution in [3.8, 4) is 28.3 Å². The Morgan fingerprint density at radius 2 is 1.85 bits per heavy atom. The Hall–Kier alpha value is -3.30. The van der Waals surface area contributed by atoms with Gasteiger partial charge in [0, 0.05) is 47.8 Å². The Kier molecular flexibility index (Phi) is 9.11. The second-order valence-electron chi connectivity index (χ2n) is 10.9. The number of carboxylic acid groups (broad SMARTS) is 1.